The Morgan fingerprint density at radius 2 is 1.68 bits per heavy atom. The summed E-state index contributed by atoms with van der Waals surface area (Å²) < 4.78 is 4.57. The highest BCUT2D eigenvalue weighted by atomic mass is 127. The zero-order valence-corrected chi connectivity index (χ0v) is 16.8. The largest absolute Gasteiger partial charge is 0.332 e. The molecule has 0 atom stereocenters. The summed E-state index contributed by atoms with van der Waals surface area (Å²) in [5.41, 5.74) is 2.81. The highest BCUT2D eigenvalue weighted by Gasteiger charge is 2.16. The molecule has 0 aliphatic rings. The van der Waals surface area contributed by atoms with E-state index in [1.54, 1.807) is 4.68 Å². The van der Waals surface area contributed by atoms with E-state index in [1.165, 1.54) is 0 Å². The van der Waals surface area contributed by atoms with E-state index in [1.807, 2.05) is 73.3 Å². The fourth-order valence-electron chi connectivity index (χ4n) is 2.52. The maximum absolute atomic E-state index is 12.8. The average molecular weight is 464 g/mol. The van der Waals surface area contributed by atoms with Crippen LogP contribution in [0.15, 0.2) is 59.4 Å². The highest BCUT2D eigenvalue weighted by Crippen LogP contribution is 2.15. The van der Waals surface area contributed by atoms with Crippen molar-refractivity contribution in [2.24, 2.45) is 7.05 Å². The van der Waals surface area contributed by atoms with Gasteiger partial charge in [0.15, 0.2) is 5.11 Å². The van der Waals surface area contributed by atoms with Crippen LogP contribution in [0.4, 0.5) is 11.4 Å². The monoisotopic (exact) mass is 464 g/mol. The van der Waals surface area contributed by atoms with Gasteiger partial charge in [0.25, 0.3) is 5.56 Å². The second-order valence-electron chi connectivity index (χ2n) is 5.52. The number of halogens is 1. The van der Waals surface area contributed by atoms with Crippen molar-refractivity contribution in [3.63, 3.8) is 0 Å². The van der Waals surface area contributed by atoms with Crippen LogP contribution >= 0.6 is 34.8 Å². The molecule has 128 valence electrons. The van der Waals surface area contributed by atoms with Gasteiger partial charge in [-0.25, -0.2) is 4.68 Å². The first kappa shape index (κ1) is 17.7. The van der Waals surface area contributed by atoms with E-state index >= 15 is 0 Å². The SMILES string of the molecule is Cc1c(NC(=S)Nc2ccc(I)cc2)c(=O)n(-c2ccccc2)n1C. The lowest BCUT2D eigenvalue weighted by Crippen LogP contribution is -2.25. The minimum absolute atomic E-state index is 0.141. The molecule has 0 saturated heterocycles. The standard InChI is InChI=1S/C18H17IN4OS/c1-12-16(21-18(25)20-14-10-8-13(19)9-11-14)17(24)23(22(12)2)15-6-4-3-5-7-15/h3-11H,1-2H3,(H2,20,21,25). The van der Waals surface area contributed by atoms with Crippen LogP contribution in [0.5, 0.6) is 0 Å². The second kappa shape index (κ2) is 7.40. The van der Waals surface area contributed by atoms with Crippen LogP contribution in [0.1, 0.15) is 5.69 Å². The Morgan fingerprint density at radius 1 is 1.04 bits per heavy atom. The molecular formula is C18H17IN4OS. The molecule has 3 rings (SSSR count). The van der Waals surface area contributed by atoms with Crippen molar-refractivity contribution in [3.8, 4) is 5.69 Å². The van der Waals surface area contributed by atoms with Crippen LogP contribution in [0.25, 0.3) is 5.69 Å². The third kappa shape index (κ3) is 3.77. The Morgan fingerprint density at radius 3 is 2.32 bits per heavy atom. The van der Waals surface area contributed by atoms with Gasteiger partial charge in [0.2, 0.25) is 0 Å². The zero-order chi connectivity index (χ0) is 18.0. The summed E-state index contributed by atoms with van der Waals surface area (Å²) in [6, 6.07) is 17.4. The maximum atomic E-state index is 12.8. The number of para-hydroxylation sites is 1. The van der Waals surface area contributed by atoms with Gasteiger partial charge in [-0.05, 0) is 78.1 Å². The summed E-state index contributed by atoms with van der Waals surface area (Å²) in [5.74, 6) is 0. The molecular weight excluding hydrogens is 447 g/mol. The van der Waals surface area contributed by atoms with Crippen LogP contribution in [0, 0.1) is 10.5 Å². The third-order valence-corrected chi connectivity index (χ3v) is 4.82. The minimum atomic E-state index is -0.141. The fraction of sp³-hybridized carbons (Fsp3) is 0.111. The van der Waals surface area contributed by atoms with Crippen LogP contribution in [-0.2, 0) is 7.05 Å². The van der Waals surface area contributed by atoms with Crippen molar-refractivity contribution in [3.05, 3.63) is 74.2 Å². The third-order valence-electron chi connectivity index (χ3n) is 3.89. The number of nitrogens with zero attached hydrogens (tertiary/aromatic N) is 2. The van der Waals surface area contributed by atoms with E-state index in [0.717, 1.165) is 20.6 Å². The summed E-state index contributed by atoms with van der Waals surface area (Å²) in [6.07, 6.45) is 0. The Bertz CT molecular complexity index is 961. The Labute approximate surface area is 164 Å². The van der Waals surface area contributed by atoms with Gasteiger partial charge in [-0.15, -0.1) is 0 Å². The normalized spacial score (nSPS) is 10.5. The predicted octanol–water partition coefficient (Wildman–Crippen LogP) is 3.90. The molecule has 2 aromatic carbocycles. The molecule has 0 unspecified atom stereocenters. The minimum Gasteiger partial charge on any atom is -0.332 e. The summed E-state index contributed by atoms with van der Waals surface area (Å²) >= 11 is 7.60. The van der Waals surface area contributed by atoms with E-state index < -0.39 is 0 Å². The molecule has 0 radical (unpaired) electrons. The lowest BCUT2D eigenvalue weighted by Gasteiger charge is -2.09. The molecule has 0 spiro atoms. The molecule has 25 heavy (non-hydrogen) atoms. The molecule has 0 aliphatic heterocycles. The lowest BCUT2D eigenvalue weighted by atomic mass is 10.3. The van der Waals surface area contributed by atoms with Crippen molar-refractivity contribution in [2.45, 2.75) is 6.92 Å². The number of anilines is 2. The van der Waals surface area contributed by atoms with Crippen LogP contribution < -0.4 is 16.2 Å². The Balaban J connectivity index is 1.87. The van der Waals surface area contributed by atoms with Gasteiger partial charge in [0.1, 0.15) is 5.69 Å². The molecule has 7 heteroatoms. The van der Waals surface area contributed by atoms with E-state index in [0.29, 0.717) is 10.8 Å². The molecule has 1 aromatic heterocycles. The number of rotatable bonds is 3. The molecule has 1 heterocycles. The number of aromatic nitrogens is 2. The van der Waals surface area contributed by atoms with Crippen molar-refractivity contribution in [1.82, 2.24) is 9.36 Å². The Kier molecular flexibility index (Phi) is 5.24. The molecule has 0 amide bonds. The van der Waals surface area contributed by atoms with Crippen molar-refractivity contribution < 1.29 is 0 Å². The van der Waals surface area contributed by atoms with Gasteiger partial charge in [-0.3, -0.25) is 9.48 Å². The fourth-order valence-corrected chi connectivity index (χ4v) is 3.10. The maximum Gasteiger partial charge on any atom is 0.295 e. The van der Waals surface area contributed by atoms with E-state index in [4.69, 9.17) is 12.2 Å². The van der Waals surface area contributed by atoms with E-state index in [2.05, 4.69) is 33.2 Å². The first-order valence-corrected chi connectivity index (χ1v) is 9.13. The smallest absolute Gasteiger partial charge is 0.295 e. The van der Waals surface area contributed by atoms with Crippen LogP contribution in [0.2, 0.25) is 0 Å². The summed E-state index contributed by atoms with van der Waals surface area (Å²) in [4.78, 5) is 12.8. The van der Waals surface area contributed by atoms with Crippen LogP contribution in [-0.4, -0.2) is 14.5 Å². The van der Waals surface area contributed by atoms with Gasteiger partial charge < -0.3 is 10.6 Å². The first-order chi connectivity index (χ1) is 12.0. The molecule has 0 saturated carbocycles. The topological polar surface area (TPSA) is 51.0 Å². The summed E-state index contributed by atoms with van der Waals surface area (Å²) in [5, 5.41) is 6.52. The predicted molar refractivity (Wildman–Crippen MR) is 115 cm³/mol. The van der Waals surface area contributed by atoms with Crippen LogP contribution in [0.3, 0.4) is 0 Å². The number of thiocarbonyl (C=S) groups is 1. The highest BCUT2D eigenvalue weighted by molar-refractivity contribution is 14.1. The first-order valence-electron chi connectivity index (χ1n) is 7.65. The van der Waals surface area contributed by atoms with Crippen molar-refractivity contribution >= 4 is 51.3 Å². The molecule has 2 N–H and O–H groups in total. The molecule has 5 nitrogen and oxygen atoms in total. The summed E-state index contributed by atoms with van der Waals surface area (Å²) in [6.45, 7) is 1.89. The lowest BCUT2D eigenvalue weighted by molar-refractivity contribution is 0.630. The number of benzene rings is 2. The van der Waals surface area contributed by atoms with Crippen molar-refractivity contribution in [2.75, 3.05) is 10.6 Å². The number of hydrogen-bond acceptors (Lipinski definition) is 2. The Hall–Kier alpha value is -2.13. The number of nitrogens with one attached hydrogen (secondary N) is 2. The summed E-state index contributed by atoms with van der Waals surface area (Å²) in [7, 11) is 1.85. The van der Waals surface area contributed by atoms with Gasteiger partial charge in [-0.1, -0.05) is 18.2 Å². The van der Waals surface area contributed by atoms with E-state index in [-0.39, 0.29) is 5.56 Å². The van der Waals surface area contributed by atoms with E-state index in [9.17, 15) is 4.79 Å². The number of hydrogen-bond donors (Lipinski definition) is 2. The van der Waals surface area contributed by atoms with Gasteiger partial charge in [0, 0.05) is 16.3 Å². The molecule has 3 aromatic rings. The molecule has 0 bridgehead atoms. The second-order valence-corrected chi connectivity index (χ2v) is 7.18. The van der Waals surface area contributed by atoms with Crippen molar-refractivity contribution in [1.29, 1.82) is 0 Å². The van der Waals surface area contributed by atoms with Gasteiger partial charge in [-0.2, -0.15) is 0 Å². The van der Waals surface area contributed by atoms with Gasteiger partial charge in [0.05, 0.1) is 11.4 Å². The molecule has 0 fully saturated rings. The van der Waals surface area contributed by atoms with Gasteiger partial charge >= 0.3 is 0 Å². The average Bonchev–Trinajstić information content (AvgIpc) is 2.81. The zero-order valence-electron chi connectivity index (χ0n) is 13.8. The quantitative estimate of drug-likeness (QED) is 0.456. The molecule has 0 aliphatic carbocycles.